The van der Waals surface area contributed by atoms with Crippen molar-refractivity contribution < 1.29 is 40.6 Å². The zero-order valence-electron chi connectivity index (χ0n) is 17.2. The van der Waals surface area contributed by atoms with Crippen molar-refractivity contribution in [1.29, 1.82) is 0 Å². The van der Waals surface area contributed by atoms with Crippen LogP contribution in [0.3, 0.4) is 0 Å². The number of carbonyl (C=O) groups excluding carboxylic acids is 1. The Kier molecular flexibility index (Phi) is 7.07. The van der Waals surface area contributed by atoms with Gasteiger partial charge in [0, 0.05) is 24.1 Å². The summed E-state index contributed by atoms with van der Waals surface area (Å²) in [6.07, 6.45) is 1.92. The number of halogens is 3. The van der Waals surface area contributed by atoms with Gasteiger partial charge in [0.15, 0.2) is 21.3 Å². The van der Waals surface area contributed by atoms with Crippen LogP contribution in [0.4, 0.5) is 18.9 Å². The van der Waals surface area contributed by atoms with Gasteiger partial charge < -0.3 is 19.5 Å². The number of hydrogen-bond acceptors (Lipinski definition) is 7. The lowest BCUT2D eigenvalue weighted by Gasteiger charge is -2.14. The Labute approximate surface area is 186 Å². The molecule has 0 bridgehead atoms. The highest BCUT2D eigenvalue weighted by Gasteiger charge is 2.20. The van der Waals surface area contributed by atoms with Crippen LogP contribution in [0.1, 0.15) is 10.4 Å². The van der Waals surface area contributed by atoms with Crippen molar-refractivity contribution in [2.75, 3.05) is 18.7 Å². The number of anilines is 1. The zero-order chi connectivity index (χ0) is 24.2. The number of aromatic nitrogens is 1. The van der Waals surface area contributed by atoms with E-state index in [0.717, 1.165) is 30.7 Å². The predicted octanol–water partition coefficient (Wildman–Crippen LogP) is 4.28. The van der Waals surface area contributed by atoms with E-state index in [-0.39, 0.29) is 33.5 Å². The number of ether oxygens (including phenoxy) is 3. The second-order valence-corrected chi connectivity index (χ2v) is 8.57. The highest BCUT2D eigenvalue weighted by atomic mass is 32.2. The van der Waals surface area contributed by atoms with Gasteiger partial charge >= 0.3 is 6.61 Å². The lowest BCUT2D eigenvalue weighted by atomic mass is 10.2. The van der Waals surface area contributed by atoms with Crippen molar-refractivity contribution in [3.8, 4) is 23.1 Å². The normalized spacial score (nSPS) is 11.2. The molecule has 1 aromatic heterocycles. The van der Waals surface area contributed by atoms with Crippen molar-refractivity contribution in [3.05, 3.63) is 66.1 Å². The number of nitrogens with one attached hydrogen (secondary N) is 1. The average molecular weight is 482 g/mol. The van der Waals surface area contributed by atoms with E-state index in [1.807, 2.05) is 0 Å². The highest BCUT2D eigenvalue weighted by Crippen LogP contribution is 2.34. The third-order valence-electron chi connectivity index (χ3n) is 4.15. The summed E-state index contributed by atoms with van der Waals surface area (Å²) in [6, 6.07) is 9.76. The first kappa shape index (κ1) is 23.9. The Hall–Kier alpha value is -3.80. The Morgan fingerprint density at radius 1 is 1.09 bits per heavy atom. The number of alkyl halides is 2. The topological polar surface area (TPSA) is 104 Å². The minimum atomic E-state index is -3.54. The van der Waals surface area contributed by atoms with Crippen molar-refractivity contribution in [3.63, 3.8) is 0 Å². The molecule has 0 aliphatic carbocycles. The first-order chi connectivity index (χ1) is 15.6. The molecule has 3 rings (SSSR count). The number of carbonyl (C=O) groups is 1. The Bertz CT molecular complexity index is 1280. The lowest BCUT2D eigenvalue weighted by Crippen LogP contribution is -2.15. The molecule has 2 aromatic carbocycles. The van der Waals surface area contributed by atoms with Crippen LogP contribution >= 0.6 is 0 Å². The summed E-state index contributed by atoms with van der Waals surface area (Å²) in [7, 11) is -2.27. The molecule has 8 nitrogen and oxygen atoms in total. The first-order valence-corrected chi connectivity index (χ1v) is 11.0. The number of benzene rings is 2. The van der Waals surface area contributed by atoms with Crippen molar-refractivity contribution in [2.45, 2.75) is 11.5 Å². The van der Waals surface area contributed by atoms with E-state index in [1.54, 1.807) is 0 Å². The van der Waals surface area contributed by atoms with Crippen LogP contribution in [-0.2, 0) is 9.84 Å². The summed E-state index contributed by atoms with van der Waals surface area (Å²) in [6.45, 7) is -3.17. The molecular formula is C21H17F3N2O6S. The van der Waals surface area contributed by atoms with Crippen LogP contribution in [0.15, 0.2) is 59.6 Å². The van der Waals surface area contributed by atoms with Crippen LogP contribution in [0.2, 0.25) is 0 Å². The van der Waals surface area contributed by atoms with Crippen molar-refractivity contribution in [1.82, 2.24) is 4.98 Å². The molecule has 0 atom stereocenters. The molecule has 0 radical (unpaired) electrons. The lowest BCUT2D eigenvalue weighted by molar-refractivity contribution is -0.0501. The fourth-order valence-corrected chi connectivity index (χ4v) is 3.34. The quantitative estimate of drug-likeness (QED) is 0.511. The van der Waals surface area contributed by atoms with Crippen LogP contribution in [0.5, 0.6) is 23.1 Å². The average Bonchev–Trinajstić information content (AvgIpc) is 2.75. The summed E-state index contributed by atoms with van der Waals surface area (Å²) in [5.74, 6) is -2.20. The molecule has 0 spiro atoms. The molecule has 0 unspecified atom stereocenters. The van der Waals surface area contributed by atoms with E-state index in [9.17, 15) is 26.4 Å². The van der Waals surface area contributed by atoms with Crippen LogP contribution in [0, 0.1) is 5.82 Å². The minimum absolute atomic E-state index is 0.00190. The molecule has 1 amide bonds. The molecule has 174 valence electrons. The fraction of sp³-hybridized carbons (Fsp3) is 0.143. The second-order valence-electron chi connectivity index (χ2n) is 6.55. The number of methoxy groups -OCH3 is 1. The Morgan fingerprint density at radius 2 is 1.85 bits per heavy atom. The van der Waals surface area contributed by atoms with E-state index in [0.29, 0.717) is 0 Å². The molecule has 0 aliphatic rings. The number of amides is 1. The minimum Gasteiger partial charge on any atom is -0.493 e. The SMILES string of the molecule is COc1cc(F)ccc1Oc1ncc(OC(F)F)cc1C(=O)Nc1cccc(S(C)(=O)=O)c1. The van der Waals surface area contributed by atoms with Crippen LogP contribution in [0.25, 0.3) is 0 Å². The number of sulfone groups is 1. The monoisotopic (exact) mass is 482 g/mol. The van der Waals surface area contributed by atoms with Gasteiger partial charge in [0.1, 0.15) is 17.1 Å². The summed E-state index contributed by atoms with van der Waals surface area (Å²) < 4.78 is 77.2. The van der Waals surface area contributed by atoms with E-state index in [4.69, 9.17) is 9.47 Å². The van der Waals surface area contributed by atoms with E-state index in [2.05, 4.69) is 15.0 Å². The van der Waals surface area contributed by atoms with Crippen molar-refractivity contribution >= 4 is 21.4 Å². The molecule has 3 aromatic rings. The molecule has 0 aliphatic heterocycles. The number of hydrogen-bond donors (Lipinski definition) is 1. The summed E-state index contributed by atoms with van der Waals surface area (Å²) in [5, 5.41) is 2.46. The van der Waals surface area contributed by atoms with Gasteiger partial charge in [-0.15, -0.1) is 0 Å². The van der Waals surface area contributed by atoms with Crippen LogP contribution in [-0.4, -0.2) is 39.3 Å². The maximum absolute atomic E-state index is 13.5. The van der Waals surface area contributed by atoms with Gasteiger partial charge in [-0.25, -0.2) is 17.8 Å². The standard InChI is InChI=1S/C21H17F3N2O6S/c1-30-18-8-12(22)6-7-17(18)32-20-16(10-14(11-25-20)31-21(23)24)19(27)26-13-4-3-5-15(9-13)33(2,28)29/h3-11,21H,1-2H3,(H,26,27). The molecule has 1 N–H and O–H groups in total. The van der Waals surface area contributed by atoms with Gasteiger partial charge in [-0.2, -0.15) is 8.78 Å². The number of nitrogens with zero attached hydrogens (tertiary/aromatic N) is 1. The molecule has 12 heteroatoms. The third kappa shape index (κ3) is 6.13. The van der Waals surface area contributed by atoms with Gasteiger partial charge in [-0.3, -0.25) is 4.79 Å². The Morgan fingerprint density at radius 3 is 2.52 bits per heavy atom. The largest absolute Gasteiger partial charge is 0.493 e. The molecule has 0 saturated heterocycles. The third-order valence-corrected chi connectivity index (χ3v) is 5.26. The van der Waals surface area contributed by atoms with Crippen molar-refractivity contribution in [2.24, 2.45) is 0 Å². The van der Waals surface area contributed by atoms with Gasteiger partial charge in [0.05, 0.1) is 18.2 Å². The first-order valence-electron chi connectivity index (χ1n) is 9.14. The number of rotatable bonds is 8. The molecule has 33 heavy (non-hydrogen) atoms. The van der Waals surface area contributed by atoms with Gasteiger partial charge in [0.2, 0.25) is 5.88 Å². The molecule has 0 fully saturated rings. The van der Waals surface area contributed by atoms with Gasteiger partial charge in [-0.1, -0.05) is 6.07 Å². The van der Waals surface area contributed by atoms with Gasteiger partial charge in [0.25, 0.3) is 5.91 Å². The summed E-state index contributed by atoms with van der Waals surface area (Å²) in [4.78, 5) is 16.7. The van der Waals surface area contributed by atoms with E-state index in [1.165, 1.54) is 37.4 Å². The zero-order valence-corrected chi connectivity index (χ0v) is 18.0. The number of pyridine rings is 1. The van der Waals surface area contributed by atoms with E-state index < -0.39 is 33.9 Å². The second kappa shape index (κ2) is 9.77. The summed E-state index contributed by atoms with van der Waals surface area (Å²) >= 11 is 0. The summed E-state index contributed by atoms with van der Waals surface area (Å²) in [5.41, 5.74) is -0.197. The fourth-order valence-electron chi connectivity index (χ4n) is 2.68. The Balaban J connectivity index is 1.98. The molecule has 1 heterocycles. The van der Waals surface area contributed by atoms with Gasteiger partial charge in [-0.05, 0) is 30.3 Å². The van der Waals surface area contributed by atoms with E-state index >= 15 is 0 Å². The van der Waals surface area contributed by atoms with Crippen LogP contribution < -0.4 is 19.5 Å². The predicted molar refractivity (Wildman–Crippen MR) is 111 cm³/mol. The highest BCUT2D eigenvalue weighted by molar-refractivity contribution is 7.90. The molecular weight excluding hydrogens is 465 g/mol. The molecule has 0 saturated carbocycles. The maximum Gasteiger partial charge on any atom is 0.387 e. The smallest absolute Gasteiger partial charge is 0.387 e. The maximum atomic E-state index is 13.5.